The number of hydrogen-bond donors (Lipinski definition) is 1. The molecule has 2 amide bonds. The number of nitrogens with zero attached hydrogens (tertiary/aromatic N) is 2. The Bertz CT molecular complexity index is 804. The summed E-state index contributed by atoms with van der Waals surface area (Å²) in [5, 5.41) is 9.56. The van der Waals surface area contributed by atoms with Gasteiger partial charge >= 0.3 is 0 Å². The van der Waals surface area contributed by atoms with Crippen molar-refractivity contribution in [3.05, 3.63) is 59.7 Å². The molecule has 142 valence electrons. The number of rotatable bonds is 4. The van der Waals surface area contributed by atoms with Crippen molar-refractivity contribution in [2.75, 3.05) is 32.8 Å². The minimum atomic E-state index is -0.129. The van der Waals surface area contributed by atoms with Gasteiger partial charge in [0.05, 0.1) is 0 Å². The predicted octanol–water partition coefficient (Wildman–Crippen LogP) is 2.45. The van der Waals surface area contributed by atoms with Crippen LogP contribution >= 0.6 is 0 Å². The molecule has 0 radical (unpaired) electrons. The Labute approximate surface area is 159 Å². The van der Waals surface area contributed by atoms with Gasteiger partial charge in [0, 0.05) is 31.7 Å². The largest absolute Gasteiger partial charge is 0.508 e. The van der Waals surface area contributed by atoms with Gasteiger partial charge in [0.25, 0.3) is 11.8 Å². The molecule has 2 aromatic rings. The fraction of sp³-hybridized carbons (Fsp3) is 0.333. The summed E-state index contributed by atoms with van der Waals surface area (Å²) >= 11 is 0. The van der Waals surface area contributed by atoms with Gasteiger partial charge in [-0.05, 0) is 43.7 Å². The summed E-state index contributed by atoms with van der Waals surface area (Å²) in [6.45, 7) is 4.10. The summed E-state index contributed by atoms with van der Waals surface area (Å²) < 4.78 is 5.57. The molecule has 0 atom stereocenters. The second kappa shape index (κ2) is 8.58. The number of aryl methyl sites for hydroxylation is 1. The van der Waals surface area contributed by atoms with Crippen molar-refractivity contribution in [2.45, 2.75) is 13.3 Å². The molecule has 1 heterocycles. The van der Waals surface area contributed by atoms with Gasteiger partial charge in [-0.3, -0.25) is 9.59 Å². The van der Waals surface area contributed by atoms with E-state index in [2.05, 4.69) is 0 Å². The van der Waals surface area contributed by atoms with Crippen molar-refractivity contribution in [3.8, 4) is 11.5 Å². The van der Waals surface area contributed by atoms with Gasteiger partial charge in [-0.1, -0.05) is 23.8 Å². The van der Waals surface area contributed by atoms with Gasteiger partial charge < -0.3 is 19.6 Å². The first-order valence-corrected chi connectivity index (χ1v) is 9.08. The number of ether oxygens (including phenoxy) is 1. The fourth-order valence-electron chi connectivity index (χ4n) is 3.06. The van der Waals surface area contributed by atoms with E-state index < -0.39 is 0 Å². The van der Waals surface area contributed by atoms with E-state index in [-0.39, 0.29) is 24.2 Å². The van der Waals surface area contributed by atoms with Crippen molar-refractivity contribution in [1.29, 1.82) is 0 Å². The predicted molar refractivity (Wildman–Crippen MR) is 102 cm³/mol. The second-order valence-corrected chi connectivity index (χ2v) is 6.68. The van der Waals surface area contributed by atoms with E-state index in [1.807, 2.05) is 31.2 Å². The van der Waals surface area contributed by atoms with E-state index in [9.17, 15) is 14.7 Å². The molecule has 3 rings (SSSR count). The summed E-state index contributed by atoms with van der Waals surface area (Å²) in [6, 6.07) is 13.9. The summed E-state index contributed by atoms with van der Waals surface area (Å²) in [5.41, 5.74) is 1.59. The van der Waals surface area contributed by atoms with Crippen LogP contribution in [0.2, 0.25) is 0 Å². The molecule has 1 aliphatic heterocycles. The van der Waals surface area contributed by atoms with Crippen molar-refractivity contribution >= 4 is 11.8 Å². The molecule has 0 spiro atoms. The molecule has 0 aliphatic carbocycles. The first kappa shape index (κ1) is 18.8. The molecule has 0 unspecified atom stereocenters. The van der Waals surface area contributed by atoms with Gasteiger partial charge in [-0.15, -0.1) is 0 Å². The van der Waals surface area contributed by atoms with Gasteiger partial charge in [-0.25, -0.2) is 0 Å². The van der Waals surface area contributed by atoms with E-state index in [4.69, 9.17) is 4.74 Å². The number of hydrogen-bond acceptors (Lipinski definition) is 4. The third-order valence-electron chi connectivity index (χ3n) is 4.61. The van der Waals surface area contributed by atoms with Crippen LogP contribution in [0.3, 0.4) is 0 Å². The van der Waals surface area contributed by atoms with Crippen LogP contribution in [0.4, 0.5) is 0 Å². The van der Waals surface area contributed by atoms with Gasteiger partial charge in [0.1, 0.15) is 11.5 Å². The van der Waals surface area contributed by atoms with Crippen LogP contribution < -0.4 is 4.74 Å². The Morgan fingerprint density at radius 1 is 1.00 bits per heavy atom. The highest BCUT2D eigenvalue weighted by molar-refractivity contribution is 5.94. The number of aromatic hydroxyl groups is 1. The first-order valence-electron chi connectivity index (χ1n) is 9.08. The lowest BCUT2D eigenvalue weighted by molar-refractivity contribution is -0.133. The van der Waals surface area contributed by atoms with Crippen LogP contribution in [-0.2, 0) is 4.79 Å². The Hall–Kier alpha value is -3.02. The molecule has 6 nitrogen and oxygen atoms in total. The minimum Gasteiger partial charge on any atom is -0.508 e. The maximum absolute atomic E-state index is 12.6. The molecule has 0 saturated carbocycles. The van der Waals surface area contributed by atoms with Gasteiger partial charge in [0.2, 0.25) is 0 Å². The SMILES string of the molecule is Cc1ccc(OCC(=O)N2CCCN(C(=O)c3cccc(O)c3)CC2)cc1. The van der Waals surface area contributed by atoms with Crippen LogP contribution in [0.15, 0.2) is 48.5 Å². The molecule has 1 aliphatic rings. The van der Waals surface area contributed by atoms with E-state index in [1.54, 1.807) is 21.9 Å². The standard InChI is InChI=1S/C21H24N2O4/c1-16-6-8-19(9-7-16)27-15-20(25)22-10-3-11-23(13-12-22)21(26)17-4-2-5-18(24)14-17/h2,4-9,14,24H,3,10-13,15H2,1H3. The molecule has 6 heteroatoms. The summed E-state index contributed by atoms with van der Waals surface area (Å²) in [6.07, 6.45) is 0.709. The van der Waals surface area contributed by atoms with Crippen molar-refractivity contribution in [3.63, 3.8) is 0 Å². The zero-order valence-corrected chi connectivity index (χ0v) is 15.4. The lowest BCUT2D eigenvalue weighted by Crippen LogP contribution is -2.39. The topological polar surface area (TPSA) is 70.1 Å². The van der Waals surface area contributed by atoms with Crippen molar-refractivity contribution in [2.24, 2.45) is 0 Å². The molecule has 0 aromatic heterocycles. The number of benzene rings is 2. The number of phenols is 1. The Kier molecular flexibility index (Phi) is 5.96. The lowest BCUT2D eigenvalue weighted by Gasteiger charge is -2.22. The number of carbonyl (C=O) groups is 2. The molecule has 1 N–H and O–H groups in total. The minimum absolute atomic E-state index is 0.0104. The fourth-order valence-corrected chi connectivity index (χ4v) is 3.06. The van der Waals surface area contributed by atoms with E-state index in [1.165, 1.54) is 12.1 Å². The van der Waals surface area contributed by atoms with Crippen LogP contribution in [0.1, 0.15) is 22.3 Å². The Balaban J connectivity index is 1.53. The summed E-state index contributed by atoms with van der Waals surface area (Å²) in [5.74, 6) is 0.531. The Morgan fingerprint density at radius 2 is 1.70 bits per heavy atom. The molecule has 1 fully saturated rings. The summed E-state index contributed by atoms with van der Waals surface area (Å²) in [7, 11) is 0. The van der Waals surface area contributed by atoms with Crippen molar-refractivity contribution < 1.29 is 19.4 Å². The molecule has 1 saturated heterocycles. The maximum Gasteiger partial charge on any atom is 0.260 e. The van der Waals surface area contributed by atoms with Gasteiger partial charge in [-0.2, -0.15) is 0 Å². The third kappa shape index (κ3) is 5.00. The smallest absolute Gasteiger partial charge is 0.260 e. The molecule has 2 aromatic carbocycles. The number of phenolic OH excluding ortho intramolecular Hbond substituents is 1. The number of amides is 2. The second-order valence-electron chi connectivity index (χ2n) is 6.68. The van der Waals surface area contributed by atoms with Crippen LogP contribution in [0.25, 0.3) is 0 Å². The molecular weight excluding hydrogens is 344 g/mol. The number of carbonyl (C=O) groups excluding carboxylic acids is 2. The highest BCUT2D eigenvalue weighted by Gasteiger charge is 2.23. The van der Waals surface area contributed by atoms with Crippen molar-refractivity contribution in [1.82, 2.24) is 9.80 Å². The van der Waals surface area contributed by atoms with Crippen LogP contribution in [0, 0.1) is 6.92 Å². The molecule has 27 heavy (non-hydrogen) atoms. The van der Waals surface area contributed by atoms with Crippen LogP contribution in [-0.4, -0.2) is 59.5 Å². The normalized spacial score (nSPS) is 14.6. The molecular formula is C21H24N2O4. The zero-order chi connectivity index (χ0) is 19.2. The Morgan fingerprint density at radius 3 is 2.44 bits per heavy atom. The first-order chi connectivity index (χ1) is 13.0. The van der Waals surface area contributed by atoms with Gasteiger partial charge in [0.15, 0.2) is 6.61 Å². The summed E-state index contributed by atoms with van der Waals surface area (Å²) in [4.78, 5) is 28.5. The molecule has 0 bridgehead atoms. The van der Waals surface area contributed by atoms with E-state index >= 15 is 0 Å². The third-order valence-corrected chi connectivity index (χ3v) is 4.61. The average Bonchev–Trinajstić information content (AvgIpc) is 2.93. The van der Waals surface area contributed by atoms with Crippen LogP contribution in [0.5, 0.6) is 11.5 Å². The lowest BCUT2D eigenvalue weighted by atomic mass is 10.2. The zero-order valence-electron chi connectivity index (χ0n) is 15.4. The average molecular weight is 368 g/mol. The van der Waals surface area contributed by atoms with E-state index in [0.717, 1.165) is 5.56 Å². The maximum atomic E-state index is 12.6. The highest BCUT2D eigenvalue weighted by atomic mass is 16.5. The highest BCUT2D eigenvalue weighted by Crippen LogP contribution is 2.15. The van der Waals surface area contributed by atoms with E-state index in [0.29, 0.717) is 43.9 Å². The monoisotopic (exact) mass is 368 g/mol. The quantitative estimate of drug-likeness (QED) is 0.900.